The number of rotatable bonds is 2. The van der Waals surface area contributed by atoms with Gasteiger partial charge in [0, 0.05) is 4.88 Å². The van der Waals surface area contributed by atoms with Crippen LogP contribution in [0.15, 0.2) is 35.8 Å². The second-order valence-electron chi connectivity index (χ2n) is 3.35. The lowest BCUT2D eigenvalue weighted by atomic mass is 10.2. The Labute approximate surface area is 100 Å². The Morgan fingerprint density at radius 3 is 2.94 bits per heavy atom. The number of aromatic nitrogens is 1. The van der Waals surface area contributed by atoms with Crippen molar-refractivity contribution in [1.29, 1.82) is 0 Å². The molecule has 0 saturated heterocycles. The zero-order valence-corrected chi connectivity index (χ0v) is 9.85. The zero-order chi connectivity index (χ0) is 11.0. The van der Waals surface area contributed by atoms with Crippen molar-refractivity contribution in [2.75, 3.05) is 0 Å². The van der Waals surface area contributed by atoms with E-state index in [-0.39, 0.29) is 0 Å². The second kappa shape index (κ2) is 3.81. The predicted octanol–water partition coefficient (Wildman–Crippen LogP) is 3.84. The van der Waals surface area contributed by atoms with Gasteiger partial charge in [0.05, 0.1) is 20.6 Å². The van der Waals surface area contributed by atoms with E-state index in [4.69, 9.17) is 0 Å². The molecule has 1 aromatic carbocycles. The SMILES string of the molecule is O=Cc1ccc(-c2ccc3ncsc3c2)s1. The van der Waals surface area contributed by atoms with Gasteiger partial charge in [0.1, 0.15) is 0 Å². The van der Waals surface area contributed by atoms with E-state index in [0.717, 1.165) is 27.1 Å². The summed E-state index contributed by atoms with van der Waals surface area (Å²) in [5.41, 5.74) is 4.02. The van der Waals surface area contributed by atoms with E-state index in [9.17, 15) is 4.79 Å². The molecule has 0 fully saturated rings. The Bertz CT molecular complexity index is 654. The maximum Gasteiger partial charge on any atom is 0.160 e. The molecule has 0 aliphatic carbocycles. The molecule has 3 aromatic rings. The monoisotopic (exact) mass is 245 g/mol. The first kappa shape index (κ1) is 9.69. The number of carbonyl (C=O) groups excluding carboxylic acids is 1. The van der Waals surface area contributed by atoms with Gasteiger partial charge in [-0.1, -0.05) is 6.07 Å². The zero-order valence-electron chi connectivity index (χ0n) is 8.21. The molecular weight excluding hydrogens is 238 g/mol. The van der Waals surface area contributed by atoms with Crippen LogP contribution < -0.4 is 0 Å². The van der Waals surface area contributed by atoms with Crippen molar-refractivity contribution in [2.45, 2.75) is 0 Å². The highest BCUT2D eigenvalue weighted by Crippen LogP contribution is 2.30. The van der Waals surface area contributed by atoms with Crippen molar-refractivity contribution < 1.29 is 4.79 Å². The molecule has 0 atom stereocenters. The second-order valence-corrected chi connectivity index (χ2v) is 5.36. The summed E-state index contributed by atoms with van der Waals surface area (Å²) in [6, 6.07) is 10.0. The molecule has 0 unspecified atom stereocenters. The molecule has 78 valence electrons. The number of thiazole rings is 1. The number of hydrogen-bond acceptors (Lipinski definition) is 4. The molecular formula is C12H7NOS2. The van der Waals surface area contributed by atoms with Gasteiger partial charge in [0.2, 0.25) is 0 Å². The molecule has 16 heavy (non-hydrogen) atoms. The summed E-state index contributed by atoms with van der Waals surface area (Å²) in [5, 5.41) is 0. The highest BCUT2D eigenvalue weighted by Gasteiger charge is 2.04. The minimum absolute atomic E-state index is 0.763. The van der Waals surface area contributed by atoms with Crippen molar-refractivity contribution >= 4 is 39.2 Å². The Morgan fingerprint density at radius 1 is 1.19 bits per heavy atom. The summed E-state index contributed by atoms with van der Waals surface area (Å²) in [6.45, 7) is 0. The number of nitrogens with zero attached hydrogens (tertiary/aromatic N) is 1. The van der Waals surface area contributed by atoms with Crippen LogP contribution in [0.5, 0.6) is 0 Å². The van der Waals surface area contributed by atoms with Crippen LogP contribution in [-0.2, 0) is 0 Å². The van der Waals surface area contributed by atoms with Crippen LogP contribution in [0.25, 0.3) is 20.7 Å². The van der Waals surface area contributed by atoms with Crippen molar-refractivity contribution in [3.05, 3.63) is 40.7 Å². The van der Waals surface area contributed by atoms with Crippen molar-refractivity contribution in [2.24, 2.45) is 0 Å². The van der Waals surface area contributed by atoms with Gasteiger partial charge in [-0.15, -0.1) is 22.7 Å². The van der Waals surface area contributed by atoms with Crippen molar-refractivity contribution in [1.82, 2.24) is 4.98 Å². The summed E-state index contributed by atoms with van der Waals surface area (Å²) >= 11 is 3.15. The van der Waals surface area contributed by atoms with Gasteiger partial charge in [0.25, 0.3) is 0 Å². The van der Waals surface area contributed by atoms with E-state index in [1.54, 1.807) is 11.3 Å². The van der Waals surface area contributed by atoms with Gasteiger partial charge in [-0.25, -0.2) is 4.98 Å². The fourth-order valence-corrected chi connectivity index (χ4v) is 3.12. The summed E-state index contributed by atoms with van der Waals surface area (Å²) in [4.78, 5) is 16.8. The number of aldehydes is 1. The summed E-state index contributed by atoms with van der Waals surface area (Å²) in [6.07, 6.45) is 0.888. The molecule has 0 N–H and O–H groups in total. The average molecular weight is 245 g/mol. The molecule has 4 heteroatoms. The predicted molar refractivity (Wildman–Crippen MR) is 68.3 cm³/mol. The van der Waals surface area contributed by atoms with Gasteiger partial charge in [-0.2, -0.15) is 0 Å². The highest BCUT2D eigenvalue weighted by molar-refractivity contribution is 7.17. The molecule has 0 radical (unpaired) electrons. The Morgan fingerprint density at radius 2 is 2.12 bits per heavy atom. The molecule has 0 spiro atoms. The minimum atomic E-state index is 0.763. The van der Waals surface area contributed by atoms with Crippen LogP contribution in [0.3, 0.4) is 0 Å². The van der Waals surface area contributed by atoms with Gasteiger partial charge < -0.3 is 0 Å². The molecule has 0 aliphatic rings. The third kappa shape index (κ3) is 1.56. The van der Waals surface area contributed by atoms with E-state index in [2.05, 4.69) is 11.1 Å². The quantitative estimate of drug-likeness (QED) is 0.642. The standard InChI is InChI=1S/C12H7NOS2/c14-6-9-2-4-11(16-9)8-1-3-10-12(5-8)15-7-13-10/h1-7H. The smallest absolute Gasteiger partial charge is 0.160 e. The first-order valence-corrected chi connectivity index (χ1v) is 6.45. The minimum Gasteiger partial charge on any atom is -0.297 e. The van der Waals surface area contributed by atoms with Crippen LogP contribution >= 0.6 is 22.7 Å². The van der Waals surface area contributed by atoms with Crippen molar-refractivity contribution in [3.63, 3.8) is 0 Å². The van der Waals surface area contributed by atoms with E-state index < -0.39 is 0 Å². The maximum absolute atomic E-state index is 10.6. The molecule has 0 aliphatic heterocycles. The maximum atomic E-state index is 10.6. The molecule has 0 saturated carbocycles. The fraction of sp³-hybridized carbons (Fsp3) is 0. The van der Waals surface area contributed by atoms with Gasteiger partial charge in [0.15, 0.2) is 6.29 Å². The Kier molecular flexibility index (Phi) is 2.31. The lowest BCUT2D eigenvalue weighted by molar-refractivity contribution is 0.112. The van der Waals surface area contributed by atoms with E-state index in [1.807, 2.05) is 29.8 Å². The normalized spacial score (nSPS) is 10.8. The third-order valence-electron chi connectivity index (χ3n) is 2.36. The first-order valence-electron chi connectivity index (χ1n) is 4.75. The molecule has 2 nitrogen and oxygen atoms in total. The van der Waals surface area contributed by atoms with Crippen molar-refractivity contribution in [3.8, 4) is 10.4 Å². The largest absolute Gasteiger partial charge is 0.297 e. The van der Waals surface area contributed by atoms with E-state index in [1.165, 1.54) is 16.0 Å². The molecule has 0 bridgehead atoms. The number of benzene rings is 1. The summed E-state index contributed by atoms with van der Waals surface area (Å²) in [7, 11) is 0. The summed E-state index contributed by atoms with van der Waals surface area (Å²) < 4.78 is 1.18. The fourth-order valence-electron chi connectivity index (χ4n) is 1.58. The van der Waals surface area contributed by atoms with Crippen LogP contribution in [0.4, 0.5) is 0 Å². The topological polar surface area (TPSA) is 30.0 Å². The van der Waals surface area contributed by atoms with Gasteiger partial charge >= 0.3 is 0 Å². The van der Waals surface area contributed by atoms with Crippen LogP contribution in [0.1, 0.15) is 9.67 Å². The average Bonchev–Trinajstić information content (AvgIpc) is 2.96. The number of fused-ring (bicyclic) bond motifs is 1. The number of carbonyl (C=O) groups is 1. The number of thiophene rings is 1. The van der Waals surface area contributed by atoms with Crippen LogP contribution in [0, 0.1) is 0 Å². The Balaban J connectivity index is 2.13. The van der Waals surface area contributed by atoms with Gasteiger partial charge in [-0.3, -0.25) is 4.79 Å². The molecule has 2 aromatic heterocycles. The lowest BCUT2D eigenvalue weighted by Gasteiger charge is -1.96. The summed E-state index contributed by atoms with van der Waals surface area (Å²) in [5.74, 6) is 0. The molecule has 2 heterocycles. The van der Waals surface area contributed by atoms with Crippen LogP contribution in [0.2, 0.25) is 0 Å². The number of hydrogen-bond donors (Lipinski definition) is 0. The first-order chi connectivity index (χ1) is 7.86. The lowest BCUT2D eigenvalue weighted by Crippen LogP contribution is -1.71. The van der Waals surface area contributed by atoms with E-state index in [0.29, 0.717) is 0 Å². The van der Waals surface area contributed by atoms with Crippen LogP contribution in [-0.4, -0.2) is 11.3 Å². The Hall–Kier alpha value is -1.52. The third-order valence-corrected chi connectivity index (χ3v) is 4.21. The van der Waals surface area contributed by atoms with Gasteiger partial charge in [-0.05, 0) is 29.8 Å². The van der Waals surface area contributed by atoms with E-state index >= 15 is 0 Å². The highest BCUT2D eigenvalue weighted by atomic mass is 32.1. The molecule has 0 amide bonds. The molecule has 3 rings (SSSR count).